The summed E-state index contributed by atoms with van der Waals surface area (Å²) < 4.78 is 1.89. The van der Waals surface area contributed by atoms with Gasteiger partial charge in [0.05, 0.1) is 11.1 Å². The molecule has 31 heavy (non-hydrogen) atoms. The molecule has 8 heteroatoms. The predicted octanol–water partition coefficient (Wildman–Crippen LogP) is 2.56. The molecule has 2 aromatic heterocycles. The second-order valence-electron chi connectivity index (χ2n) is 7.73. The summed E-state index contributed by atoms with van der Waals surface area (Å²) in [7, 11) is 0. The van der Waals surface area contributed by atoms with Gasteiger partial charge in [-0.25, -0.2) is 9.97 Å². The Balaban J connectivity index is 1.98. The number of carbonyl (C=O) groups is 1. The summed E-state index contributed by atoms with van der Waals surface area (Å²) in [6, 6.07) is 10.1. The number of nitrogens with one attached hydrogen (secondary N) is 1. The van der Waals surface area contributed by atoms with Crippen LogP contribution in [0.15, 0.2) is 36.2 Å². The number of hydrogen-bond acceptors (Lipinski definition) is 6. The third-order valence-corrected chi connectivity index (χ3v) is 5.35. The first kappa shape index (κ1) is 20.6. The number of rotatable bonds is 7. The number of anilines is 1. The Morgan fingerprint density at radius 3 is 2.74 bits per heavy atom. The van der Waals surface area contributed by atoms with E-state index in [0.717, 1.165) is 29.5 Å². The third kappa shape index (κ3) is 4.13. The van der Waals surface area contributed by atoms with E-state index in [1.165, 1.54) is 6.33 Å². The van der Waals surface area contributed by atoms with Crippen LogP contribution in [0.4, 0.5) is 5.82 Å². The van der Waals surface area contributed by atoms with Crippen LogP contribution in [0.1, 0.15) is 30.5 Å². The zero-order valence-corrected chi connectivity index (χ0v) is 17.3. The third-order valence-electron chi connectivity index (χ3n) is 5.35. The van der Waals surface area contributed by atoms with Crippen LogP contribution in [-0.4, -0.2) is 38.2 Å². The van der Waals surface area contributed by atoms with Crippen LogP contribution in [0, 0.1) is 18.3 Å². The Morgan fingerprint density at radius 2 is 2.10 bits per heavy atom. The molecule has 158 valence electrons. The number of aliphatic hydroxyl groups excluding tert-OH is 1. The van der Waals surface area contributed by atoms with Crippen molar-refractivity contribution in [3.05, 3.63) is 47.4 Å². The van der Waals surface area contributed by atoms with E-state index < -0.39 is 5.91 Å². The largest absolute Gasteiger partial charge is 0.396 e. The SMILES string of the molecule is Cc1ccc(-c2c(C=C(C#N)C(=O)NC3CC3)n(CCCO)c3ncnc(N)c23)cc1. The lowest BCUT2D eigenvalue weighted by Crippen LogP contribution is -2.26. The highest BCUT2D eigenvalue weighted by molar-refractivity contribution is 6.08. The molecule has 1 aliphatic carbocycles. The number of nitrogens with zero attached hydrogens (tertiary/aromatic N) is 4. The number of hydrogen-bond donors (Lipinski definition) is 3. The van der Waals surface area contributed by atoms with Crippen LogP contribution in [-0.2, 0) is 11.3 Å². The molecule has 4 rings (SSSR count). The maximum Gasteiger partial charge on any atom is 0.262 e. The average molecular weight is 416 g/mol. The maximum atomic E-state index is 12.6. The summed E-state index contributed by atoms with van der Waals surface area (Å²) in [6.45, 7) is 2.45. The van der Waals surface area contributed by atoms with Crippen molar-refractivity contribution in [3.8, 4) is 17.2 Å². The van der Waals surface area contributed by atoms with Crippen LogP contribution in [0.3, 0.4) is 0 Å². The van der Waals surface area contributed by atoms with Crippen molar-refractivity contribution in [2.45, 2.75) is 38.8 Å². The summed E-state index contributed by atoms with van der Waals surface area (Å²) in [4.78, 5) is 21.2. The van der Waals surface area contributed by atoms with E-state index in [1.54, 1.807) is 6.08 Å². The predicted molar refractivity (Wildman–Crippen MR) is 119 cm³/mol. The molecule has 0 radical (unpaired) electrons. The molecule has 0 bridgehead atoms. The van der Waals surface area contributed by atoms with E-state index in [9.17, 15) is 15.2 Å². The monoisotopic (exact) mass is 416 g/mol. The molecule has 0 atom stereocenters. The van der Waals surface area contributed by atoms with Crippen molar-refractivity contribution >= 4 is 28.8 Å². The average Bonchev–Trinajstić information content (AvgIpc) is 3.52. The number of nitrogens with two attached hydrogens (primary N) is 1. The van der Waals surface area contributed by atoms with Gasteiger partial charge in [0.25, 0.3) is 5.91 Å². The topological polar surface area (TPSA) is 130 Å². The van der Waals surface area contributed by atoms with E-state index in [1.807, 2.05) is 41.8 Å². The normalized spacial score (nSPS) is 13.9. The van der Waals surface area contributed by atoms with Gasteiger partial charge in [-0.05, 0) is 37.8 Å². The Morgan fingerprint density at radius 1 is 1.35 bits per heavy atom. The highest BCUT2D eigenvalue weighted by Gasteiger charge is 2.26. The van der Waals surface area contributed by atoms with Gasteiger partial charge < -0.3 is 20.7 Å². The van der Waals surface area contributed by atoms with Gasteiger partial charge in [-0.1, -0.05) is 29.8 Å². The molecule has 1 saturated carbocycles. The number of nitrogen functional groups attached to an aromatic ring is 1. The van der Waals surface area contributed by atoms with Crippen LogP contribution in [0.2, 0.25) is 0 Å². The summed E-state index contributed by atoms with van der Waals surface area (Å²) in [5.41, 5.74) is 10.3. The number of nitriles is 1. The summed E-state index contributed by atoms with van der Waals surface area (Å²) >= 11 is 0. The minimum absolute atomic E-state index is 0.00344. The molecule has 1 aliphatic rings. The number of benzene rings is 1. The molecule has 0 unspecified atom stereocenters. The first-order valence-corrected chi connectivity index (χ1v) is 10.3. The molecule has 1 aromatic carbocycles. The smallest absolute Gasteiger partial charge is 0.262 e. The Kier molecular flexibility index (Phi) is 5.69. The van der Waals surface area contributed by atoms with E-state index in [-0.39, 0.29) is 18.2 Å². The first-order chi connectivity index (χ1) is 15.0. The Hall–Kier alpha value is -3.70. The van der Waals surface area contributed by atoms with Gasteiger partial charge in [-0.15, -0.1) is 0 Å². The van der Waals surface area contributed by atoms with Gasteiger partial charge in [0.15, 0.2) is 0 Å². The molecule has 2 heterocycles. The molecule has 0 spiro atoms. The van der Waals surface area contributed by atoms with Crippen LogP contribution in [0.25, 0.3) is 28.2 Å². The summed E-state index contributed by atoms with van der Waals surface area (Å²) in [5, 5.41) is 22.7. The fourth-order valence-corrected chi connectivity index (χ4v) is 3.60. The number of amides is 1. The van der Waals surface area contributed by atoms with Crippen molar-refractivity contribution in [1.29, 1.82) is 5.26 Å². The second-order valence-corrected chi connectivity index (χ2v) is 7.73. The standard InChI is InChI=1S/C23H24N6O2/c1-14-3-5-15(6-4-14)19-18(11-16(12-24)23(31)28-17-7-8-17)29(9-2-10-30)22-20(19)21(25)26-13-27-22/h3-6,11,13,17,30H,2,7-10H2,1H3,(H,28,31)(H2,25,26,27). The molecule has 0 saturated heterocycles. The van der Waals surface area contributed by atoms with Gasteiger partial charge >= 0.3 is 0 Å². The minimum Gasteiger partial charge on any atom is -0.396 e. The van der Waals surface area contributed by atoms with Gasteiger partial charge in [-0.3, -0.25) is 4.79 Å². The Bertz CT molecular complexity index is 1200. The first-order valence-electron chi connectivity index (χ1n) is 10.3. The molecule has 8 nitrogen and oxygen atoms in total. The maximum absolute atomic E-state index is 12.6. The van der Waals surface area contributed by atoms with Crippen LogP contribution >= 0.6 is 0 Å². The summed E-state index contributed by atoms with van der Waals surface area (Å²) in [6.07, 6.45) is 5.33. The fourth-order valence-electron chi connectivity index (χ4n) is 3.60. The van der Waals surface area contributed by atoms with E-state index in [0.29, 0.717) is 35.5 Å². The molecule has 1 amide bonds. The Labute approximate surface area is 180 Å². The van der Waals surface area contributed by atoms with Crippen LogP contribution < -0.4 is 11.1 Å². The van der Waals surface area contributed by atoms with Crippen molar-refractivity contribution in [3.63, 3.8) is 0 Å². The van der Waals surface area contributed by atoms with Crippen molar-refractivity contribution < 1.29 is 9.90 Å². The van der Waals surface area contributed by atoms with Gasteiger partial charge in [-0.2, -0.15) is 5.26 Å². The number of fused-ring (bicyclic) bond motifs is 1. The van der Waals surface area contributed by atoms with Crippen molar-refractivity contribution in [2.24, 2.45) is 0 Å². The summed E-state index contributed by atoms with van der Waals surface area (Å²) in [5.74, 6) is -0.0724. The molecule has 0 aliphatic heterocycles. The molecular formula is C23H24N6O2. The quantitative estimate of drug-likeness (QED) is 0.401. The number of aryl methyl sites for hydroxylation is 2. The van der Waals surface area contributed by atoms with E-state index >= 15 is 0 Å². The van der Waals surface area contributed by atoms with Crippen molar-refractivity contribution in [1.82, 2.24) is 19.9 Å². The lowest BCUT2D eigenvalue weighted by Gasteiger charge is -2.10. The highest BCUT2D eigenvalue weighted by Crippen LogP contribution is 2.38. The molecular weight excluding hydrogens is 392 g/mol. The number of carbonyl (C=O) groups excluding carboxylic acids is 1. The molecule has 3 aromatic rings. The lowest BCUT2D eigenvalue weighted by molar-refractivity contribution is -0.117. The van der Waals surface area contributed by atoms with E-state index in [4.69, 9.17) is 5.73 Å². The highest BCUT2D eigenvalue weighted by atomic mass is 16.3. The number of aliphatic hydroxyl groups is 1. The lowest BCUT2D eigenvalue weighted by atomic mass is 10.0. The van der Waals surface area contributed by atoms with Gasteiger partial charge in [0.1, 0.15) is 29.4 Å². The zero-order valence-electron chi connectivity index (χ0n) is 17.3. The molecule has 4 N–H and O–H groups in total. The molecule has 1 fully saturated rings. The van der Waals surface area contributed by atoms with Crippen molar-refractivity contribution in [2.75, 3.05) is 12.3 Å². The van der Waals surface area contributed by atoms with Crippen LogP contribution in [0.5, 0.6) is 0 Å². The minimum atomic E-state index is -0.391. The zero-order chi connectivity index (χ0) is 22.0. The van der Waals surface area contributed by atoms with Gasteiger partial charge in [0, 0.05) is 24.8 Å². The second kappa shape index (κ2) is 8.58. The van der Waals surface area contributed by atoms with Gasteiger partial charge in [0.2, 0.25) is 0 Å². The van der Waals surface area contributed by atoms with E-state index in [2.05, 4.69) is 15.3 Å². The fraction of sp³-hybridized carbons (Fsp3) is 0.304. The number of aromatic nitrogens is 3.